The first-order valence-corrected chi connectivity index (χ1v) is 7.29. The van der Waals surface area contributed by atoms with E-state index >= 15 is 0 Å². The average molecular weight is 222 g/mol. The van der Waals surface area contributed by atoms with E-state index in [0.717, 1.165) is 17.8 Å². The molecule has 3 aliphatic rings. The Morgan fingerprint density at radius 2 is 1.44 bits per heavy atom. The van der Waals surface area contributed by atoms with Gasteiger partial charge in [0.25, 0.3) is 0 Å². The number of hydrogen-bond donors (Lipinski definition) is 1. The first-order valence-electron chi connectivity index (χ1n) is 7.29. The minimum atomic E-state index is 0.501. The maximum atomic E-state index is 6.19. The monoisotopic (exact) mass is 222 g/mol. The maximum absolute atomic E-state index is 6.19. The van der Waals surface area contributed by atoms with Gasteiger partial charge in [0, 0.05) is 25.7 Å². The lowest BCUT2D eigenvalue weighted by atomic mass is 10.0. The molecule has 2 heteroatoms. The highest BCUT2D eigenvalue weighted by Gasteiger charge is 2.32. The number of nitrogens with zero attached hydrogens (tertiary/aromatic N) is 1. The largest absolute Gasteiger partial charge is 0.327 e. The fourth-order valence-electron chi connectivity index (χ4n) is 3.18. The molecule has 3 saturated carbocycles. The summed E-state index contributed by atoms with van der Waals surface area (Å²) >= 11 is 0. The van der Waals surface area contributed by atoms with Crippen LogP contribution in [0.2, 0.25) is 0 Å². The third-order valence-corrected chi connectivity index (χ3v) is 4.64. The molecule has 0 aromatic heterocycles. The van der Waals surface area contributed by atoms with Crippen LogP contribution in [0.15, 0.2) is 0 Å². The van der Waals surface area contributed by atoms with Crippen molar-refractivity contribution in [3.63, 3.8) is 0 Å². The topological polar surface area (TPSA) is 29.3 Å². The number of nitrogens with two attached hydrogens (primary N) is 1. The summed E-state index contributed by atoms with van der Waals surface area (Å²) in [6, 6.07) is 0.501. The first-order chi connectivity index (χ1) is 7.81. The minimum Gasteiger partial charge on any atom is -0.327 e. The summed E-state index contributed by atoms with van der Waals surface area (Å²) in [7, 11) is 0. The van der Waals surface area contributed by atoms with E-state index in [1.165, 1.54) is 64.6 Å². The molecule has 0 aromatic carbocycles. The van der Waals surface area contributed by atoms with Gasteiger partial charge in [-0.3, -0.25) is 0 Å². The third-order valence-electron chi connectivity index (χ3n) is 4.64. The zero-order valence-corrected chi connectivity index (χ0v) is 10.4. The molecule has 0 spiro atoms. The van der Waals surface area contributed by atoms with E-state index < -0.39 is 0 Å². The molecular weight excluding hydrogens is 196 g/mol. The van der Waals surface area contributed by atoms with Gasteiger partial charge >= 0.3 is 0 Å². The molecule has 0 heterocycles. The summed E-state index contributed by atoms with van der Waals surface area (Å²) in [5.74, 6) is 2.88. The molecule has 2 unspecified atom stereocenters. The van der Waals surface area contributed by atoms with Crippen LogP contribution in [0.4, 0.5) is 0 Å². The standard InChI is InChI=1S/C14H26N2/c15-14-3-1-2-13(14)10-16(8-11-4-5-11)9-12-6-7-12/h11-14H,1-10,15H2. The van der Waals surface area contributed by atoms with Gasteiger partial charge in [-0.05, 0) is 56.3 Å². The molecular formula is C14H26N2. The van der Waals surface area contributed by atoms with Crippen molar-refractivity contribution in [1.82, 2.24) is 4.90 Å². The van der Waals surface area contributed by atoms with Gasteiger partial charge in [-0.15, -0.1) is 0 Å². The van der Waals surface area contributed by atoms with Crippen molar-refractivity contribution < 1.29 is 0 Å². The van der Waals surface area contributed by atoms with Crippen molar-refractivity contribution in [2.75, 3.05) is 19.6 Å². The van der Waals surface area contributed by atoms with E-state index in [1.54, 1.807) is 0 Å². The van der Waals surface area contributed by atoms with Crippen LogP contribution < -0.4 is 5.73 Å². The fourth-order valence-corrected chi connectivity index (χ4v) is 3.18. The van der Waals surface area contributed by atoms with E-state index in [9.17, 15) is 0 Å². The van der Waals surface area contributed by atoms with Gasteiger partial charge in [0.05, 0.1) is 0 Å². The third kappa shape index (κ3) is 2.98. The second kappa shape index (κ2) is 4.66. The Hall–Kier alpha value is -0.0800. The van der Waals surface area contributed by atoms with Gasteiger partial charge in [0.2, 0.25) is 0 Å². The normalized spacial score (nSPS) is 34.9. The first kappa shape index (κ1) is 11.0. The quantitative estimate of drug-likeness (QED) is 0.747. The van der Waals surface area contributed by atoms with Gasteiger partial charge in [-0.25, -0.2) is 0 Å². The second-order valence-electron chi connectivity index (χ2n) is 6.46. The van der Waals surface area contributed by atoms with Crippen LogP contribution in [-0.4, -0.2) is 30.6 Å². The van der Waals surface area contributed by atoms with Gasteiger partial charge in [0.15, 0.2) is 0 Å². The molecule has 0 amide bonds. The summed E-state index contributed by atoms with van der Waals surface area (Å²) in [5, 5.41) is 0. The molecule has 16 heavy (non-hydrogen) atoms. The Labute approximate surface area is 99.6 Å². The zero-order chi connectivity index (χ0) is 11.0. The molecule has 2 nitrogen and oxygen atoms in total. The highest BCUT2D eigenvalue weighted by molar-refractivity contribution is 4.87. The smallest absolute Gasteiger partial charge is 0.00793 e. The van der Waals surface area contributed by atoms with E-state index in [1.807, 2.05) is 0 Å². The lowest BCUT2D eigenvalue weighted by molar-refractivity contribution is 0.207. The van der Waals surface area contributed by atoms with E-state index in [0.29, 0.717) is 6.04 Å². The predicted octanol–water partition coefficient (Wildman–Crippen LogP) is 2.24. The SMILES string of the molecule is NC1CCCC1CN(CC1CC1)CC1CC1. The second-order valence-corrected chi connectivity index (χ2v) is 6.46. The molecule has 3 aliphatic carbocycles. The van der Waals surface area contributed by atoms with Crippen molar-refractivity contribution >= 4 is 0 Å². The van der Waals surface area contributed by atoms with Crippen LogP contribution in [0.3, 0.4) is 0 Å². The molecule has 0 bridgehead atoms. The van der Waals surface area contributed by atoms with Crippen LogP contribution in [0.25, 0.3) is 0 Å². The summed E-state index contributed by atoms with van der Waals surface area (Å²) < 4.78 is 0. The van der Waals surface area contributed by atoms with Crippen LogP contribution in [0.1, 0.15) is 44.9 Å². The van der Waals surface area contributed by atoms with Crippen LogP contribution in [0.5, 0.6) is 0 Å². The van der Waals surface area contributed by atoms with Crippen LogP contribution in [-0.2, 0) is 0 Å². The minimum absolute atomic E-state index is 0.501. The van der Waals surface area contributed by atoms with Crippen LogP contribution in [0, 0.1) is 17.8 Å². The van der Waals surface area contributed by atoms with Crippen molar-refractivity contribution in [1.29, 1.82) is 0 Å². The lowest BCUT2D eigenvalue weighted by Gasteiger charge is -2.27. The molecule has 2 atom stereocenters. The molecule has 0 saturated heterocycles. The van der Waals surface area contributed by atoms with Crippen molar-refractivity contribution in [3.8, 4) is 0 Å². The average Bonchev–Trinajstić information content (AvgIpc) is 3.14. The number of hydrogen-bond acceptors (Lipinski definition) is 2. The molecule has 0 aromatic rings. The molecule has 0 radical (unpaired) electrons. The Morgan fingerprint density at radius 3 is 1.88 bits per heavy atom. The van der Waals surface area contributed by atoms with Crippen molar-refractivity contribution in [3.05, 3.63) is 0 Å². The summed E-state index contributed by atoms with van der Waals surface area (Å²) in [4.78, 5) is 2.76. The predicted molar refractivity (Wildman–Crippen MR) is 67.2 cm³/mol. The summed E-state index contributed by atoms with van der Waals surface area (Å²) in [5.41, 5.74) is 6.19. The molecule has 3 fully saturated rings. The molecule has 3 rings (SSSR count). The summed E-state index contributed by atoms with van der Waals surface area (Å²) in [6.45, 7) is 4.05. The Kier molecular flexibility index (Phi) is 3.21. The number of rotatable bonds is 6. The van der Waals surface area contributed by atoms with Gasteiger partial charge in [-0.1, -0.05) is 6.42 Å². The molecule has 2 N–H and O–H groups in total. The van der Waals surface area contributed by atoms with E-state index in [2.05, 4.69) is 4.90 Å². The summed E-state index contributed by atoms with van der Waals surface area (Å²) in [6.07, 6.45) is 9.95. The fraction of sp³-hybridized carbons (Fsp3) is 1.00. The maximum Gasteiger partial charge on any atom is 0.00793 e. The van der Waals surface area contributed by atoms with Gasteiger partial charge in [-0.2, -0.15) is 0 Å². The van der Waals surface area contributed by atoms with Crippen molar-refractivity contribution in [2.45, 2.75) is 51.0 Å². The van der Waals surface area contributed by atoms with Gasteiger partial charge in [0.1, 0.15) is 0 Å². The molecule has 92 valence electrons. The van der Waals surface area contributed by atoms with Gasteiger partial charge < -0.3 is 10.6 Å². The zero-order valence-electron chi connectivity index (χ0n) is 10.4. The van der Waals surface area contributed by atoms with E-state index in [-0.39, 0.29) is 0 Å². The van der Waals surface area contributed by atoms with Crippen molar-refractivity contribution in [2.24, 2.45) is 23.5 Å². The Bertz CT molecular complexity index is 219. The highest BCUT2D eigenvalue weighted by Crippen LogP contribution is 2.35. The Balaban J connectivity index is 1.49. The highest BCUT2D eigenvalue weighted by atomic mass is 15.1. The lowest BCUT2D eigenvalue weighted by Crippen LogP contribution is -2.38. The van der Waals surface area contributed by atoms with Crippen LogP contribution >= 0.6 is 0 Å². The Morgan fingerprint density at radius 1 is 0.812 bits per heavy atom. The molecule has 0 aliphatic heterocycles. The van der Waals surface area contributed by atoms with E-state index in [4.69, 9.17) is 5.73 Å².